The van der Waals surface area contributed by atoms with Gasteiger partial charge in [0, 0.05) is 24.3 Å². The Morgan fingerprint density at radius 1 is 1.25 bits per heavy atom. The second kappa shape index (κ2) is 6.40. The number of benzene rings is 1. The Bertz CT molecular complexity index is 986. The molecule has 0 saturated carbocycles. The number of hydrogen-bond acceptors (Lipinski definition) is 5. The molecular formula is C16H13BrN4O3. The van der Waals surface area contributed by atoms with Gasteiger partial charge in [0.1, 0.15) is 5.65 Å². The number of hydrogen-bond donors (Lipinski definition) is 0. The lowest BCUT2D eigenvalue weighted by atomic mass is 10.2. The van der Waals surface area contributed by atoms with Crippen LogP contribution in [0.15, 0.2) is 57.9 Å². The molecule has 0 aliphatic rings. The first kappa shape index (κ1) is 16.1. The first-order valence-corrected chi connectivity index (χ1v) is 7.88. The van der Waals surface area contributed by atoms with Crippen LogP contribution in [0, 0.1) is 10.1 Å². The zero-order valence-electron chi connectivity index (χ0n) is 12.7. The van der Waals surface area contributed by atoms with Crippen LogP contribution < -0.4 is 10.5 Å². The highest BCUT2D eigenvalue weighted by Crippen LogP contribution is 2.25. The number of pyridine rings is 1. The van der Waals surface area contributed by atoms with Crippen molar-refractivity contribution in [3.8, 4) is 0 Å². The first-order chi connectivity index (χ1) is 11.5. The average Bonchev–Trinajstić information content (AvgIpc) is 2.56. The van der Waals surface area contributed by atoms with Gasteiger partial charge >= 0.3 is 11.2 Å². The van der Waals surface area contributed by atoms with Crippen LogP contribution in [0.25, 0.3) is 5.65 Å². The number of fused-ring (bicyclic) bond motifs is 1. The van der Waals surface area contributed by atoms with Crippen molar-refractivity contribution in [2.45, 2.75) is 6.54 Å². The van der Waals surface area contributed by atoms with Crippen molar-refractivity contribution in [1.82, 2.24) is 9.38 Å². The third-order valence-corrected chi connectivity index (χ3v) is 4.38. The predicted molar refractivity (Wildman–Crippen MR) is 94.4 cm³/mol. The summed E-state index contributed by atoms with van der Waals surface area (Å²) in [7, 11) is 1.67. The van der Waals surface area contributed by atoms with Crippen molar-refractivity contribution in [2.24, 2.45) is 0 Å². The number of anilines is 1. The summed E-state index contributed by atoms with van der Waals surface area (Å²) < 4.78 is 2.06. The lowest BCUT2D eigenvalue weighted by molar-refractivity contribution is -0.385. The number of aromatic nitrogens is 2. The van der Waals surface area contributed by atoms with E-state index < -0.39 is 16.2 Å². The lowest BCUT2D eigenvalue weighted by Gasteiger charge is -2.19. The van der Waals surface area contributed by atoms with Gasteiger partial charge in [-0.15, -0.1) is 0 Å². The van der Waals surface area contributed by atoms with E-state index in [0.717, 1.165) is 10.0 Å². The largest absolute Gasteiger partial charge is 0.376 e. The van der Waals surface area contributed by atoms with Gasteiger partial charge in [0.25, 0.3) is 0 Å². The minimum Gasteiger partial charge on any atom is -0.349 e. The second-order valence-electron chi connectivity index (χ2n) is 5.22. The summed E-state index contributed by atoms with van der Waals surface area (Å²) in [5.74, 6) is 0.0481. The standard InChI is InChI=1S/C16H13BrN4O3/c1-19(10-11-6-2-3-7-12(11)17)15-14(21(23)24)16(22)20-9-5-4-8-13(20)18-15/h2-9H,10H2,1H3. The van der Waals surface area contributed by atoms with Crippen LogP contribution in [0.1, 0.15) is 5.56 Å². The van der Waals surface area contributed by atoms with Crippen LogP contribution in [0.3, 0.4) is 0 Å². The maximum absolute atomic E-state index is 12.5. The highest BCUT2D eigenvalue weighted by Gasteiger charge is 2.26. The Hall–Kier alpha value is -2.74. The van der Waals surface area contributed by atoms with Crippen LogP contribution in [0.5, 0.6) is 0 Å². The van der Waals surface area contributed by atoms with Crippen molar-refractivity contribution >= 4 is 33.1 Å². The molecular weight excluding hydrogens is 376 g/mol. The highest BCUT2D eigenvalue weighted by molar-refractivity contribution is 9.10. The van der Waals surface area contributed by atoms with Crippen LogP contribution >= 0.6 is 15.9 Å². The van der Waals surface area contributed by atoms with Crippen LogP contribution in [-0.2, 0) is 6.54 Å². The predicted octanol–water partition coefficient (Wildman–Crippen LogP) is 3.00. The normalized spacial score (nSPS) is 10.8. The molecule has 3 rings (SSSR count). The Kier molecular flexibility index (Phi) is 4.30. The monoisotopic (exact) mass is 388 g/mol. The van der Waals surface area contributed by atoms with E-state index in [1.807, 2.05) is 24.3 Å². The van der Waals surface area contributed by atoms with Gasteiger partial charge in [0.2, 0.25) is 5.82 Å². The third-order valence-electron chi connectivity index (χ3n) is 3.60. The minimum absolute atomic E-state index is 0.0481. The molecule has 0 amide bonds. The fourth-order valence-corrected chi connectivity index (χ4v) is 2.86. The minimum atomic E-state index is -0.695. The molecule has 0 N–H and O–H groups in total. The van der Waals surface area contributed by atoms with Gasteiger partial charge in [-0.2, -0.15) is 0 Å². The number of nitrogens with zero attached hydrogens (tertiary/aromatic N) is 4. The zero-order valence-corrected chi connectivity index (χ0v) is 14.3. The summed E-state index contributed by atoms with van der Waals surface area (Å²) in [6.07, 6.45) is 1.47. The maximum Gasteiger partial charge on any atom is 0.376 e. The van der Waals surface area contributed by atoms with Gasteiger partial charge < -0.3 is 4.90 Å². The fourth-order valence-electron chi connectivity index (χ4n) is 2.45. The quantitative estimate of drug-likeness (QED) is 0.506. The number of rotatable bonds is 4. The van der Waals surface area contributed by atoms with E-state index in [1.54, 1.807) is 30.1 Å². The molecule has 7 nitrogen and oxygen atoms in total. The van der Waals surface area contributed by atoms with Crippen molar-refractivity contribution in [1.29, 1.82) is 0 Å². The first-order valence-electron chi connectivity index (χ1n) is 7.09. The van der Waals surface area contributed by atoms with E-state index in [1.165, 1.54) is 10.6 Å². The Balaban J connectivity index is 2.14. The Morgan fingerprint density at radius 3 is 2.67 bits per heavy atom. The van der Waals surface area contributed by atoms with E-state index >= 15 is 0 Å². The fraction of sp³-hybridized carbons (Fsp3) is 0.125. The molecule has 8 heteroatoms. The van der Waals surface area contributed by atoms with Gasteiger partial charge in [0.05, 0.1) is 4.92 Å². The van der Waals surface area contributed by atoms with E-state index in [-0.39, 0.29) is 5.82 Å². The summed E-state index contributed by atoms with van der Waals surface area (Å²) in [6.45, 7) is 0.373. The Labute approximate surface area is 145 Å². The maximum atomic E-state index is 12.5. The van der Waals surface area contributed by atoms with Gasteiger partial charge in [-0.1, -0.05) is 40.2 Å². The molecule has 0 aliphatic heterocycles. The Morgan fingerprint density at radius 2 is 1.96 bits per heavy atom. The molecule has 3 aromatic rings. The van der Waals surface area contributed by atoms with E-state index in [2.05, 4.69) is 20.9 Å². The summed E-state index contributed by atoms with van der Waals surface area (Å²) in [5, 5.41) is 11.4. The smallest absolute Gasteiger partial charge is 0.349 e. The summed E-state index contributed by atoms with van der Waals surface area (Å²) in [4.78, 5) is 29.1. The zero-order chi connectivity index (χ0) is 17.3. The number of nitro groups is 1. The molecule has 0 aliphatic carbocycles. The van der Waals surface area contributed by atoms with Crippen molar-refractivity contribution in [3.05, 3.63) is 79.2 Å². The van der Waals surface area contributed by atoms with E-state index in [4.69, 9.17) is 0 Å². The molecule has 2 aromatic heterocycles. The highest BCUT2D eigenvalue weighted by atomic mass is 79.9. The second-order valence-corrected chi connectivity index (χ2v) is 6.08. The molecule has 1 aromatic carbocycles. The van der Waals surface area contributed by atoms with E-state index in [0.29, 0.717) is 12.2 Å². The molecule has 0 saturated heterocycles. The van der Waals surface area contributed by atoms with Gasteiger partial charge in [0.15, 0.2) is 0 Å². The molecule has 0 atom stereocenters. The van der Waals surface area contributed by atoms with E-state index in [9.17, 15) is 14.9 Å². The third kappa shape index (κ3) is 2.88. The molecule has 0 fully saturated rings. The van der Waals surface area contributed by atoms with Gasteiger partial charge in [-0.3, -0.25) is 19.3 Å². The van der Waals surface area contributed by atoms with Crippen LogP contribution in [-0.4, -0.2) is 21.4 Å². The SMILES string of the molecule is CN(Cc1ccccc1Br)c1nc2ccccn2c(=O)c1[N+](=O)[O-]. The van der Waals surface area contributed by atoms with Crippen LogP contribution in [0.4, 0.5) is 11.5 Å². The number of halogens is 1. The van der Waals surface area contributed by atoms with Crippen LogP contribution in [0.2, 0.25) is 0 Å². The average molecular weight is 389 g/mol. The molecule has 24 heavy (non-hydrogen) atoms. The van der Waals surface area contributed by atoms with Crippen molar-refractivity contribution < 1.29 is 4.92 Å². The molecule has 0 radical (unpaired) electrons. The van der Waals surface area contributed by atoms with Gasteiger partial charge in [-0.25, -0.2) is 4.98 Å². The molecule has 122 valence electrons. The molecule has 0 unspecified atom stereocenters. The summed E-state index contributed by atoms with van der Waals surface area (Å²) >= 11 is 3.45. The van der Waals surface area contributed by atoms with Crippen molar-refractivity contribution in [2.75, 3.05) is 11.9 Å². The summed E-state index contributed by atoms with van der Waals surface area (Å²) in [5.41, 5.74) is 0.0688. The topological polar surface area (TPSA) is 80.8 Å². The lowest BCUT2D eigenvalue weighted by Crippen LogP contribution is -2.26. The molecule has 0 bridgehead atoms. The van der Waals surface area contributed by atoms with Crippen molar-refractivity contribution in [3.63, 3.8) is 0 Å². The van der Waals surface area contributed by atoms with Gasteiger partial charge in [-0.05, 0) is 23.8 Å². The summed E-state index contributed by atoms with van der Waals surface area (Å²) in [6, 6.07) is 12.6. The molecule has 2 heterocycles. The molecule has 0 spiro atoms.